The second-order valence-electron chi connectivity index (χ2n) is 11.4. The van der Waals surface area contributed by atoms with Gasteiger partial charge in [-0.05, 0) is 82.3 Å². The van der Waals surface area contributed by atoms with Gasteiger partial charge in [0.05, 0.1) is 10.4 Å². The molecule has 0 radical (unpaired) electrons. The van der Waals surface area contributed by atoms with Crippen LogP contribution in [0.2, 0.25) is 0 Å². The molecule has 0 amide bonds. The minimum absolute atomic E-state index is 0.0521. The number of benzene rings is 2. The van der Waals surface area contributed by atoms with E-state index in [0.717, 1.165) is 25.0 Å². The largest absolute Gasteiger partial charge is 0.261 e. The van der Waals surface area contributed by atoms with E-state index in [1.807, 2.05) is 17.5 Å². The van der Waals surface area contributed by atoms with Crippen LogP contribution in [0.1, 0.15) is 57.0 Å². The van der Waals surface area contributed by atoms with Gasteiger partial charge in [-0.3, -0.25) is 9.97 Å². The summed E-state index contributed by atoms with van der Waals surface area (Å²) < 4.78 is 1.30. The van der Waals surface area contributed by atoms with E-state index in [4.69, 9.17) is 9.97 Å². The molecule has 1 aliphatic carbocycles. The third-order valence-electron chi connectivity index (χ3n) is 7.20. The summed E-state index contributed by atoms with van der Waals surface area (Å²) >= 11 is 1.90. The molecule has 6 rings (SSSR count). The van der Waals surface area contributed by atoms with Gasteiger partial charge in [0.2, 0.25) is 0 Å². The summed E-state index contributed by atoms with van der Waals surface area (Å²) in [5, 5.41) is 3.97. The van der Waals surface area contributed by atoms with E-state index >= 15 is 0 Å². The van der Waals surface area contributed by atoms with Gasteiger partial charge in [0, 0.05) is 39.5 Å². The van der Waals surface area contributed by atoms with E-state index in [9.17, 15) is 0 Å². The lowest BCUT2D eigenvalue weighted by Crippen LogP contribution is -2.12. The molecular formula is C32H32N2S. The van der Waals surface area contributed by atoms with Crippen LogP contribution in [-0.2, 0) is 24.7 Å². The van der Waals surface area contributed by atoms with Crippen LogP contribution >= 0.6 is 11.3 Å². The summed E-state index contributed by atoms with van der Waals surface area (Å²) in [7, 11) is 0. The van der Waals surface area contributed by atoms with Gasteiger partial charge in [-0.1, -0.05) is 58.9 Å². The van der Waals surface area contributed by atoms with Gasteiger partial charge in [0.1, 0.15) is 0 Å². The van der Waals surface area contributed by atoms with Crippen molar-refractivity contribution in [2.75, 3.05) is 0 Å². The zero-order chi connectivity index (χ0) is 24.3. The van der Waals surface area contributed by atoms with Crippen molar-refractivity contribution in [3.05, 3.63) is 83.3 Å². The molecule has 0 saturated carbocycles. The summed E-state index contributed by atoms with van der Waals surface area (Å²) in [6.07, 6.45) is 7.33. The van der Waals surface area contributed by atoms with Crippen LogP contribution in [0.3, 0.4) is 0 Å². The maximum atomic E-state index is 4.95. The molecule has 3 heterocycles. The molecule has 2 aromatic carbocycles. The van der Waals surface area contributed by atoms with Crippen LogP contribution < -0.4 is 0 Å². The first kappa shape index (κ1) is 22.4. The summed E-state index contributed by atoms with van der Waals surface area (Å²) in [5.74, 6) is 0.623. The van der Waals surface area contributed by atoms with Crippen molar-refractivity contribution in [1.82, 2.24) is 9.97 Å². The number of hydrogen-bond donors (Lipinski definition) is 0. The van der Waals surface area contributed by atoms with Crippen LogP contribution in [-0.4, -0.2) is 9.97 Å². The number of thiophene rings is 1. The van der Waals surface area contributed by atoms with E-state index in [1.54, 1.807) is 0 Å². The molecule has 0 unspecified atom stereocenters. The molecule has 3 heteroatoms. The SMILES string of the molecule is CC(C)Cc1cc2c(cn1)-c1sc3c(-c4cc(C(C)(C)C)c5ccccc5c4)nccc3c1CC2. The Kier molecular flexibility index (Phi) is 5.30. The third kappa shape index (κ3) is 3.87. The van der Waals surface area contributed by atoms with E-state index in [2.05, 4.69) is 89.3 Å². The van der Waals surface area contributed by atoms with Crippen molar-refractivity contribution >= 4 is 32.2 Å². The Morgan fingerprint density at radius 1 is 0.943 bits per heavy atom. The lowest BCUT2D eigenvalue weighted by Gasteiger charge is -2.22. The van der Waals surface area contributed by atoms with Gasteiger partial charge in [-0.15, -0.1) is 11.3 Å². The van der Waals surface area contributed by atoms with Crippen molar-refractivity contribution in [3.8, 4) is 21.7 Å². The normalized spacial score (nSPS) is 13.4. The quantitative estimate of drug-likeness (QED) is 0.260. The molecule has 5 aromatic rings. The monoisotopic (exact) mass is 476 g/mol. The molecule has 2 nitrogen and oxygen atoms in total. The molecular weight excluding hydrogens is 444 g/mol. The molecule has 0 saturated heterocycles. The van der Waals surface area contributed by atoms with Gasteiger partial charge >= 0.3 is 0 Å². The Morgan fingerprint density at radius 3 is 2.57 bits per heavy atom. The number of fused-ring (bicyclic) bond motifs is 6. The fraction of sp³-hybridized carbons (Fsp3) is 0.312. The van der Waals surface area contributed by atoms with Crippen molar-refractivity contribution in [1.29, 1.82) is 0 Å². The summed E-state index contributed by atoms with van der Waals surface area (Å²) in [6, 6.07) is 18.0. The number of hydrogen-bond acceptors (Lipinski definition) is 3. The van der Waals surface area contributed by atoms with E-state index in [0.29, 0.717) is 5.92 Å². The maximum Gasteiger partial charge on any atom is 0.0880 e. The fourth-order valence-electron chi connectivity index (χ4n) is 5.56. The molecule has 3 aromatic heterocycles. The highest BCUT2D eigenvalue weighted by atomic mass is 32.1. The van der Waals surface area contributed by atoms with Crippen LogP contribution in [0.5, 0.6) is 0 Å². The first-order valence-electron chi connectivity index (χ1n) is 12.7. The topological polar surface area (TPSA) is 25.8 Å². The lowest BCUT2D eigenvalue weighted by molar-refractivity contribution is 0.596. The van der Waals surface area contributed by atoms with Gasteiger partial charge in [-0.2, -0.15) is 0 Å². The average molecular weight is 477 g/mol. The zero-order valence-corrected chi connectivity index (χ0v) is 22.1. The zero-order valence-electron chi connectivity index (χ0n) is 21.3. The highest BCUT2D eigenvalue weighted by Crippen LogP contribution is 2.47. The summed E-state index contributed by atoms with van der Waals surface area (Å²) in [4.78, 5) is 11.2. The van der Waals surface area contributed by atoms with Crippen molar-refractivity contribution in [3.63, 3.8) is 0 Å². The number of aryl methyl sites for hydroxylation is 2. The van der Waals surface area contributed by atoms with Gasteiger partial charge in [0.15, 0.2) is 0 Å². The molecule has 0 N–H and O–H groups in total. The number of nitrogens with zero attached hydrogens (tertiary/aromatic N) is 2. The Morgan fingerprint density at radius 2 is 1.77 bits per heavy atom. The van der Waals surface area contributed by atoms with E-state index in [1.165, 1.54) is 59.2 Å². The van der Waals surface area contributed by atoms with Crippen LogP contribution in [0.15, 0.2) is 60.9 Å². The molecule has 0 bridgehead atoms. The van der Waals surface area contributed by atoms with E-state index in [-0.39, 0.29) is 5.41 Å². The Bertz CT molecular complexity index is 1580. The number of pyridine rings is 2. The molecule has 176 valence electrons. The number of rotatable bonds is 3. The highest BCUT2D eigenvalue weighted by Gasteiger charge is 2.25. The van der Waals surface area contributed by atoms with Gasteiger partial charge in [-0.25, -0.2) is 0 Å². The molecule has 0 atom stereocenters. The lowest BCUT2D eigenvalue weighted by atomic mass is 9.82. The minimum atomic E-state index is 0.0521. The van der Waals surface area contributed by atoms with Crippen molar-refractivity contribution in [2.24, 2.45) is 5.92 Å². The first-order valence-corrected chi connectivity index (χ1v) is 13.5. The molecule has 0 aliphatic heterocycles. The summed E-state index contributed by atoms with van der Waals surface area (Å²) in [6.45, 7) is 11.4. The fourth-order valence-corrected chi connectivity index (χ4v) is 6.96. The average Bonchev–Trinajstić information content (AvgIpc) is 3.21. The number of aromatic nitrogens is 2. The predicted molar refractivity (Wildman–Crippen MR) is 150 cm³/mol. The molecule has 1 aliphatic rings. The second-order valence-corrected chi connectivity index (χ2v) is 12.4. The van der Waals surface area contributed by atoms with Crippen LogP contribution in [0, 0.1) is 5.92 Å². The maximum absolute atomic E-state index is 4.95. The predicted octanol–water partition coefficient (Wildman–Crippen LogP) is 8.77. The van der Waals surface area contributed by atoms with Crippen molar-refractivity contribution < 1.29 is 0 Å². The molecule has 0 fully saturated rings. The van der Waals surface area contributed by atoms with Gasteiger partial charge < -0.3 is 0 Å². The molecule has 0 spiro atoms. The van der Waals surface area contributed by atoms with Crippen LogP contribution in [0.25, 0.3) is 42.6 Å². The molecule has 35 heavy (non-hydrogen) atoms. The van der Waals surface area contributed by atoms with Crippen LogP contribution in [0.4, 0.5) is 0 Å². The van der Waals surface area contributed by atoms with E-state index < -0.39 is 0 Å². The summed E-state index contributed by atoms with van der Waals surface area (Å²) in [5.41, 5.74) is 9.19. The highest BCUT2D eigenvalue weighted by molar-refractivity contribution is 7.23. The smallest absolute Gasteiger partial charge is 0.0880 e. The third-order valence-corrected chi connectivity index (χ3v) is 8.49. The minimum Gasteiger partial charge on any atom is -0.261 e. The standard InChI is InChI=1S/C32H32N2S/c1-19(2)14-23-16-21-10-11-25-26-12-13-33-29(31(26)35-30(25)27(21)18-34-23)22-15-20-8-6-7-9-24(20)28(17-22)32(3,4)5/h6-9,12-13,15-19H,10-11,14H2,1-5H3. The van der Waals surface area contributed by atoms with Crippen molar-refractivity contribution in [2.45, 2.75) is 59.3 Å². The second kappa shape index (κ2) is 8.27. The Labute approximate surface area is 212 Å². The van der Waals surface area contributed by atoms with Gasteiger partial charge in [0.25, 0.3) is 0 Å². The Balaban J connectivity index is 1.54. The Hall–Kier alpha value is -3.04. The first-order chi connectivity index (χ1) is 16.8.